The van der Waals surface area contributed by atoms with Gasteiger partial charge < -0.3 is 13.6 Å². The first-order valence-corrected chi connectivity index (χ1v) is 16.0. The molecule has 47 heavy (non-hydrogen) atoms. The highest BCUT2D eigenvalue weighted by molar-refractivity contribution is 5.69. The van der Waals surface area contributed by atoms with Crippen molar-refractivity contribution in [3.05, 3.63) is 150 Å². The van der Waals surface area contributed by atoms with Gasteiger partial charge in [0.25, 0.3) is 0 Å². The minimum Gasteiger partial charge on any atom is -0.462 e. The minimum absolute atomic E-state index is 0.498. The molecule has 0 radical (unpaired) electrons. The first kappa shape index (κ1) is 28.6. The third-order valence-corrected chi connectivity index (χ3v) is 8.68. The molecule has 7 heteroatoms. The maximum Gasteiger partial charge on any atom is 0.248 e. The van der Waals surface area contributed by atoms with E-state index in [-0.39, 0.29) is 0 Å². The second-order valence-electron chi connectivity index (χ2n) is 11.8. The largest absolute Gasteiger partial charge is 0.462 e. The summed E-state index contributed by atoms with van der Waals surface area (Å²) in [5, 5.41) is 17.3. The molecule has 2 aromatic heterocycles. The summed E-state index contributed by atoms with van der Waals surface area (Å²) in [7, 11) is 0. The lowest BCUT2D eigenvalue weighted by molar-refractivity contribution is 0.403. The van der Waals surface area contributed by atoms with Crippen molar-refractivity contribution in [3.63, 3.8) is 0 Å². The van der Waals surface area contributed by atoms with Crippen molar-refractivity contribution in [2.45, 2.75) is 38.5 Å². The molecule has 3 aliphatic rings. The average molecular weight is 617 g/mol. The number of benzene rings is 3. The van der Waals surface area contributed by atoms with Crippen LogP contribution in [-0.4, -0.2) is 20.4 Å². The molecule has 7 nitrogen and oxygen atoms in total. The Labute approximate surface area is 273 Å². The summed E-state index contributed by atoms with van der Waals surface area (Å²) >= 11 is 0. The molecule has 0 bridgehead atoms. The van der Waals surface area contributed by atoms with Crippen molar-refractivity contribution in [1.29, 1.82) is 0 Å². The monoisotopic (exact) mass is 616 g/mol. The number of hydrogen-bond donors (Lipinski definition) is 0. The SMILES string of the molecule is C1=CCCC(C2=CC=C(c3nnc(-c4ccc(OC5=CC=C(c6nnc(-c7ccc(-c8ccccc8)cc7)o6)CC5)cc4)o3)CC2)=C1. The maximum absolute atomic E-state index is 6.17. The van der Waals surface area contributed by atoms with Crippen LogP contribution >= 0.6 is 0 Å². The molecule has 230 valence electrons. The van der Waals surface area contributed by atoms with E-state index in [4.69, 9.17) is 13.6 Å². The van der Waals surface area contributed by atoms with E-state index in [0.717, 1.165) is 77.9 Å². The predicted octanol–water partition coefficient (Wildman–Crippen LogP) is 9.97. The molecule has 0 atom stereocenters. The van der Waals surface area contributed by atoms with E-state index in [1.54, 1.807) is 0 Å². The smallest absolute Gasteiger partial charge is 0.248 e. The third-order valence-electron chi connectivity index (χ3n) is 8.68. The van der Waals surface area contributed by atoms with Gasteiger partial charge in [-0.2, -0.15) is 0 Å². The van der Waals surface area contributed by atoms with Gasteiger partial charge in [-0.15, -0.1) is 20.4 Å². The quantitative estimate of drug-likeness (QED) is 0.171. The first-order chi connectivity index (χ1) is 23.2. The van der Waals surface area contributed by atoms with Gasteiger partial charge in [-0.1, -0.05) is 78.9 Å². The molecule has 3 aliphatic carbocycles. The van der Waals surface area contributed by atoms with Crippen molar-refractivity contribution in [2.24, 2.45) is 0 Å². The molecular weight excluding hydrogens is 584 g/mol. The molecule has 8 rings (SSSR count). The molecule has 0 amide bonds. The van der Waals surface area contributed by atoms with Gasteiger partial charge in [-0.25, -0.2) is 0 Å². The van der Waals surface area contributed by atoms with Crippen LogP contribution in [0, 0.1) is 0 Å². The predicted molar refractivity (Wildman–Crippen MR) is 183 cm³/mol. The van der Waals surface area contributed by atoms with Crippen molar-refractivity contribution >= 4 is 11.1 Å². The lowest BCUT2D eigenvalue weighted by Crippen LogP contribution is -2.00. The van der Waals surface area contributed by atoms with Gasteiger partial charge in [0.2, 0.25) is 23.6 Å². The molecule has 0 N–H and O–H groups in total. The van der Waals surface area contributed by atoms with Crippen LogP contribution in [0.25, 0.3) is 45.2 Å². The Hall–Kier alpha value is -5.82. The van der Waals surface area contributed by atoms with Gasteiger partial charge in [-0.05, 0) is 96.9 Å². The Morgan fingerprint density at radius 1 is 0.447 bits per heavy atom. The summed E-state index contributed by atoms with van der Waals surface area (Å²) in [5.74, 6) is 3.73. The Morgan fingerprint density at radius 3 is 1.57 bits per heavy atom. The molecule has 0 saturated carbocycles. The highest BCUT2D eigenvalue weighted by Crippen LogP contribution is 2.34. The zero-order chi connectivity index (χ0) is 31.4. The van der Waals surface area contributed by atoms with Gasteiger partial charge in [0.15, 0.2) is 0 Å². The molecule has 2 heterocycles. The van der Waals surface area contributed by atoms with Crippen LogP contribution in [-0.2, 0) is 0 Å². The molecular formula is C40H32N4O3. The third kappa shape index (κ3) is 6.33. The number of aromatic nitrogens is 4. The summed E-state index contributed by atoms with van der Waals surface area (Å²) in [4.78, 5) is 0. The number of allylic oxidation sites excluding steroid dienone is 12. The molecule has 0 spiro atoms. The van der Waals surface area contributed by atoms with E-state index < -0.39 is 0 Å². The van der Waals surface area contributed by atoms with Crippen LogP contribution in [0.5, 0.6) is 5.75 Å². The van der Waals surface area contributed by atoms with E-state index in [9.17, 15) is 0 Å². The van der Waals surface area contributed by atoms with Crippen LogP contribution in [0.2, 0.25) is 0 Å². The van der Waals surface area contributed by atoms with E-state index in [2.05, 4.69) is 75.0 Å². The van der Waals surface area contributed by atoms with Crippen LogP contribution < -0.4 is 4.74 Å². The van der Waals surface area contributed by atoms with Crippen molar-refractivity contribution in [3.8, 4) is 39.8 Å². The van der Waals surface area contributed by atoms with Crippen molar-refractivity contribution in [2.75, 3.05) is 0 Å². The molecule has 3 aromatic carbocycles. The van der Waals surface area contributed by atoms with Gasteiger partial charge in [0.1, 0.15) is 11.5 Å². The van der Waals surface area contributed by atoms with Crippen LogP contribution in [0.15, 0.2) is 147 Å². The Balaban J connectivity index is 0.892. The second-order valence-corrected chi connectivity index (χ2v) is 11.8. The Morgan fingerprint density at radius 2 is 0.979 bits per heavy atom. The summed E-state index contributed by atoms with van der Waals surface area (Å²) in [5.41, 5.74) is 8.95. The Kier molecular flexibility index (Phi) is 7.85. The fourth-order valence-corrected chi connectivity index (χ4v) is 6.03. The summed E-state index contributed by atoms with van der Waals surface area (Å²) < 4.78 is 18.3. The van der Waals surface area contributed by atoms with E-state index in [0.29, 0.717) is 23.6 Å². The molecule has 0 aliphatic heterocycles. The lowest BCUT2D eigenvalue weighted by Gasteiger charge is -2.16. The molecule has 5 aromatic rings. The van der Waals surface area contributed by atoms with Crippen LogP contribution in [0.1, 0.15) is 50.3 Å². The van der Waals surface area contributed by atoms with E-state index >= 15 is 0 Å². The highest BCUT2D eigenvalue weighted by atomic mass is 16.5. The fourth-order valence-electron chi connectivity index (χ4n) is 6.03. The molecule has 0 unspecified atom stereocenters. The standard InChI is InChI=1S/C40H32N4O3/c1-3-7-27(8-4-1)29-11-15-31(16-12-29)37-41-43-39(46-37)33-19-23-35(24-20-33)45-36-25-21-34(22-26-36)40-44-42-38(47-40)32-17-13-30(14-18-32)28-9-5-2-6-10-28/h1-5,7-9,11-13,15-17,19,21-23,25-26H,6,10,14,18,20,24H2. The number of rotatable bonds is 8. The average Bonchev–Trinajstić information content (AvgIpc) is 3.85. The topological polar surface area (TPSA) is 87.1 Å². The minimum atomic E-state index is 0.498. The maximum atomic E-state index is 6.17. The van der Waals surface area contributed by atoms with Gasteiger partial charge in [-0.3, -0.25) is 0 Å². The van der Waals surface area contributed by atoms with Crippen molar-refractivity contribution in [1.82, 2.24) is 20.4 Å². The second kappa shape index (κ2) is 12.9. The van der Waals surface area contributed by atoms with Gasteiger partial charge in [0.05, 0.1) is 0 Å². The number of ether oxygens (including phenoxy) is 1. The fraction of sp³-hybridized carbons (Fsp3) is 0.150. The van der Waals surface area contributed by atoms with Crippen LogP contribution in [0.4, 0.5) is 0 Å². The summed E-state index contributed by atoms with van der Waals surface area (Å²) in [6.45, 7) is 0. The van der Waals surface area contributed by atoms with Gasteiger partial charge >= 0.3 is 0 Å². The normalized spacial score (nSPS) is 16.1. The van der Waals surface area contributed by atoms with Crippen molar-refractivity contribution < 1.29 is 13.6 Å². The number of nitrogens with zero attached hydrogens (tertiary/aromatic N) is 4. The van der Waals surface area contributed by atoms with Crippen LogP contribution in [0.3, 0.4) is 0 Å². The molecule has 0 fully saturated rings. The zero-order valence-electron chi connectivity index (χ0n) is 25.8. The summed E-state index contributed by atoms with van der Waals surface area (Å²) in [6, 6.07) is 26.2. The molecule has 0 saturated heterocycles. The number of hydrogen-bond acceptors (Lipinski definition) is 7. The van der Waals surface area contributed by atoms with E-state index in [1.807, 2.05) is 66.7 Å². The summed E-state index contributed by atoms with van der Waals surface area (Å²) in [6.07, 6.45) is 20.4. The zero-order valence-corrected chi connectivity index (χ0v) is 25.8. The Bertz CT molecular complexity index is 2090. The highest BCUT2D eigenvalue weighted by Gasteiger charge is 2.19. The lowest BCUT2D eigenvalue weighted by atomic mass is 9.89. The first-order valence-electron chi connectivity index (χ1n) is 16.0. The van der Waals surface area contributed by atoms with E-state index in [1.165, 1.54) is 16.7 Å². The van der Waals surface area contributed by atoms with Gasteiger partial charge in [0, 0.05) is 28.7 Å².